The summed E-state index contributed by atoms with van der Waals surface area (Å²) < 4.78 is 5.52. The van der Waals surface area contributed by atoms with Gasteiger partial charge in [-0.25, -0.2) is 0 Å². The summed E-state index contributed by atoms with van der Waals surface area (Å²) in [5.41, 5.74) is 3.18. The van der Waals surface area contributed by atoms with Crippen molar-refractivity contribution in [2.75, 3.05) is 26.3 Å². The van der Waals surface area contributed by atoms with Gasteiger partial charge in [-0.2, -0.15) is 0 Å². The Bertz CT molecular complexity index is 386. The predicted octanol–water partition coefficient (Wildman–Crippen LogP) is 3.10. The standard InChI is InChI=1S/C16H23NO/c1-14-4-6-15(7-5-14)16(8-2-3-9-16)17-10-12-18-13-11-17/h4-7H,2-3,8-13H2,1H3. The molecule has 2 aliphatic rings. The van der Waals surface area contributed by atoms with Crippen molar-refractivity contribution in [3.05, 3.63) is 35.4 Å². The van der Waals surface area contributed by atoms with Gasteiger partial charge in [0.05, 0.1) is 13.2 Å². The van der Waals surface area contributed by atoms with Crippen LogP contribution in [0, 0.1) is 6.92 Å². The predicted molar refractivity (Wildman–Crippen MR) is 73.7 cm³/mol. The average molecular weight is 245 g/mol. The van der Waals surface area contributed by atoms with Gasteiger partial charge in [-0.1, -0.05) is 42.7 Å². The number of benzene rings is 1. The van der Waals surface area contributed by atoms with Gasteiger partial charge in [-0.3, -0.25) is 4.90 Å². The summed E-state index contributed by atoms with van der Waals surface area (Å²) in [7, 11) is 0. The number of ether oxygens (including phenoxy) is 1. The van der Waals surface area contributed by atoms with Gasteiger partial charge in [-0.05, 0) is 25.3 Å². The normalized spacial score (nSPS) is 24.3. The largest absolute Gasteiger partial charge is 0.379 e. The van der Waals surface area contributed by atoms with E-state index in [0.717, 1.165) is 26.3 Å². The van der Waals surface area contributed by atoms with Crippen molar-refractivity contribution in [2.24, 2.45) is 0 Å². The highest BCUT2D eigenvalue weighted by Crippen LogP contribution is 2.44. The quantitative estimate of drug-likeness (QED) is 0.794. The molecule has 1 aliphatic carbocycles. The fourth-order valence-electron chi connectivity index (χ4n) is 3.60. The van der Waals surface area contributed by atoms with E-state index in [9.17, 15) is 0 Å². The van der Waals surface area contributed by atoms with Gasteiger partial charge in [0.15, 0.2) is 0 Å². The molecule has 98 valence electrons. The molecule has 18 heavy (non-hydrogen) atoms. The van der Waals surface area contributed by atoms with Crippen LogP contribution in [0.3, 0.4) is 0 Å². The summed E-state index contributed by atoms with van der Waals surface area (Å²) in [6.45, 7) is 6.14. The van der Waals surface area contributed by atoms with Crippen molar-refractivity contribution < 1.29 is 4.74 Å². The van der Waals surface area contributed by atoms with Gasteiger partial charge in [0.25, 0.3) is 0 Å². The maximum atomic E-state index is 5.52. The van der Waals surface area contributed by atoms with Crippen molar-refractivity contribution >= 4 is 0 Å². The second-order valence-electron chi connectivity index (χ2n) is 5.70. The molecule has 2 fully saturated rings. The van der Waals surface area contributed by atoms with Crippen molar-refractivity contribution in [3.8, 4) is 0 Å². The van der Waals surface area contributed by atoms with E-state index in [0.29, 0.717) is 5.54 Å². The lowest BCUT2D eigenvalue weighted by Crippen LogP contribution is -2.49. The first kappa shape index (κ1) is 12.2. The highest BCUT2D eigenvalue weighted by molar-refractivity contribution is 5.29. The third-order valence-electron chi connectivity index (χ3n) is 4.64. The number of rotatable bonds is 2. The van der Waals surface area contributed by atoms with Crippen molar-refractivity contribution in [1.29, 1.82) is 0 Å². The van der Waals surface area contributed by atoms with Gasteiger partial charge in [0, 0.05) is 18.6 Å². The molecule has 0 spiro atoms. The molecule has 2 heteroatoms. The maximum Gasteiger partial charge on any atom is 0.0594 e. The molecular weight excluding hydrogens is 222 g/mol. The molecule has 2 nitrogen and oxygen atoms in total. The third kappa shape index (κ3) is 2.08. The van der Waals surface area contributed by atoms with Crippen LogP contribution in [0.25, 0.3) is 0 Å². The van der Waals surface area contributed by atoms with E-state index in [-0.39, 0.29) is 0 Å². The van der Waals surface area contributed by atoms with Gasteiger partial charge < -0.3 is 4.74 Å². The van der Waals surface area contributed by atoms with Gasteiger partial charge in [-0.15, -0.1) is 0 Å². The van der Waals surface area contributed by atoms with Crippen LogP contribution in [0.4, 0.5) is 0 Å². The van der Waals surface area contributed by atoms with Crippen LogP contribution >= 0.6 is 0 Å². The van der Waals surface area contributed by atoms with Crippen LogP contribution in [0.5, 0.6) is 0 Å². The molecule has 1 aromatic rings. The van der Waals surface area contributed by atoms with E-state index in [1.54, 1.807) is 0 Å². The lowest BCUT2D eigenvalue weighted by atomic mass is 9.85. The Morgan fingerprint density at radius 3 is 2.22 bits per heavy atom. The smallest absolute Gasteiger partial charge is 0.0594 e. The first-order valence-electron chi connectivity index (χ1n) is 7.21. The average Bonchev–Trinajstić information content (AvgIpc) is 2.91. The Hall–Kier alpha value is -0.860. The minimum absolute atomic E-state index is 0.303. The fourth-order valence-corrected chi connectivity index (χ4v) is 3.60. The minimum atomic E-state index is 0.303. The molecule has 0 aromatic heterocycles. The Labute approximate surface area is 110 Å². The molecular formula is C16H23NO. The van der Waals surface area contributed by atoms with E-state index in [4.69, 9.17) is 4.74 Å². The molecule has 1 aromatic carbocycles. The number of morpholine rings is 1. The molecule has 1 aliphatic heterocycles. The molecule has 0 N–H and O–H groups in total. The van der Waals surface area contributed by atoms with Crippen LogP contribution in [0.2, 0.25) is 0 Å². The molecule has 0 amide bonds. The Balaban J connectivity index is 1.92. The summed E-state index contributed by atoms with van der Waals surface area (Å²) in [6, 6.07) is 9.21. The highest BCUT2D eigenvalue weighted by Gasteiger charge is 2.41. The van der Waals surface area contributed by atoms with Crippen molar-refractivity contribution in [2.45, 2.75) is 38.1 Å². The van der Waals surface area contributed by atoms with Gasteiger partial charge >= 0.3 is 0 Å². The van der Waals surface area contributed by atoms with Crippen LogP contribution in [0.15, 0.2) is 24.3 Å². The Morgan fingerprint density at radius 1 is 1.00 bits per heavy atom. The first-order chi connectivity index (χ1) is 8.81. The minimum Gasteiger partial charge on any atom is -0.379 e. The molecule has 3 rings (SSSR count). The van der Waals surface area contributed by atoms with Crippen LogP contribution < -0.4 is 0 Å². The number of aryl methyl sites for hydroxylation is 1. The zero-order chi connectivity index (χ0) is 12.4. The van der Waals surface area contributed by atoms with E-state index in [1.807, 2.05) is 0 Å². The fraction of sp³-hybridized carbons (Fsp3) is 0.625. The summed E-state index contributed by atoms with van der Waals surface area (Å²) in [6.07, 6.45) is 5.36. The Kier molecular flexibility index (Phi) is 3.40. The second-order valence-corrected chi connectivity index (χ2v) is 5.70. The second kappa shape index (κ2) is 5.02. The molecule has 1 saturated carbocycles. The molecule has 1 saturated heterocycles. The van der Waals surface area contributed by atoms with Gasteiger partial charge in [0.1, 0.15) is 0 Å². The lowest BCUT2D eigenvalue weighted by Gasteiger charge is -2.44. The Morgan fingerprint density at radius 2 is 1.61 bits per heavy atom. The summed E-state index contributed by atoms with van der Waals surface area (Å²) in [5.74, 6) is 0. The zero-order valence-electron chi connectivity index (χ0n) is 11.3. The van der Waals surface area contributed by atoms with Crippen molar-refractivity contribution in [3.63, 3.8) is 0 Å². The molecule has 0 bridgehead atoms. The van der Waals surface area contributed by atoms with Crippen LogP contribution in [-0.4, -0.2) is 31.2 Å². The van der Waals surface area contributed by atoms with E-state index in [2.05, 4.69) is 36.1 Å². The van der Waals surface area contributed by atoms with Crippen LogP contribution in [-0.2, 0) is 10.3 Å². The zero-order valence-corrected chi connectivity index (χ0v) is 11.3. The van der Waals surface area contributed by atoms with E-state index < -0.39 is 0 Å². The number of hydrogen-bond acceptors (Lipinski definition) is 2. The molecule has 0 unspecified atom stereocenters. The van der Waals surface area contributed by atoms with Crippen LogP contribution in [0.1, 0.15) is 36.8 Å². The van der Waals surface area contributed by atoms with Gasteiger partial charge in [0.2, 0.25) is 0 Å². The summed E-state index contributed by atoms with van der Waals surface area (Å²) in [4.78, 5) is 2.67. The first-order valence-corrected chi connectivity index (χ1v) is 7.21. The maximum absolute atomic E-state index is 5.52. The topological polar surface area (TPSA) is 12.5 Å². The molecule has 1 heterocycles. The monoisotopic (exact) mass is 245 g/mol. The number of nitrogens with zero attached hydrogens (tertiary/aromatic N) is 1. The van der Waals surface area contributed by atoms with Crippen molar-refractivity contribution in [1.82, 2.24) is 4.90 Å². The van der Waals surface area contributed by atoms with E-state index in [1.165, 1.54) is 36.8 Å². The number of hydrogen-bond donors (Lipinski definition) is 0. The summed E-state index contributed by atoms with van der Waals surface area (Å²) >= 11 is 0. The molecule has 0 radical (unpaired) electrons. The SMILES string of the molecule is Cc1ccc(C2(N3CCOCC3)CCCC2)cc1. The summed E-state index contributed by atoms with van der Waals surface area (Å²) in [5, 5.41) is 0. The lowest BCUT2D eigenvalue weighted by molar-refractivity contribution is -0.0231. The highest BCUT2D eigenvalue weighted by atomic mass is 16.5. The third-order valence-corrected chi connectivity index (χ3v) is 4.64. The molecule has 0 atom stereocenters. The van der Waals surface area contributed by atoms with E-state index >= 15 is 0 Å².